The molecule has 0 saturated heterocycles. The Morgan fingerprint density at radius 3 is 2.54 bits per heavy atom. The van der Waals surface area contributed by atoms with Crippen LogP contribution in [-0.2, 0) is 18.0 Å². The number of hydrogen-bond acceptors (Lipinski definition) is 6. The fourth-order valence-corrected chi connectivity index (χ4v) is 3.41. The highest BCUT2D eigenvalue weighted by atomic mass is 32.1. The van der Waals surface area contributed by atoms with Crippen molar-refractivity contribution in [1.82, 2.24) is 14.8 Å². The van der Waals surface area contributed by atoms with Crippen LogP contribution in [0.1, 0.15) is 58.2 Å². The van der Waals surface area contributed by atoms with Gasteiger partial charge in [0, 0.05) is 19.7 Å². The van der Waals surface area contributed by atoms with Crippen LogP contribution >= 0.6 is 11.3 Å². The van der Waals surface area contributed by atoms with E-state index in [4.69, 9.17) is 4.74 Å². The Morgan fingerprint density at radius 2 is 2.00 bits per heavy atom. The molecule has 11 heteroatoms. The highest BCUT2D eigenvalue weighted by molar-refractivity contribution is 7.17. The number of amides is 1. The SMILES string of the molecule is CCCCN(C(=O)c1cc(C(F)(F)F)nn1C)c1nc(C)c(C(=O)OCC)s1. The predicted molar refractivity (Wildman–Crippen MR) is 97.6 cm³/mol. The molecular formula is C17H21F3N4O3S. The number of alkyl halides is 3. The molecule has 28 heavy (non-hydrogen) atoms. The molecule has 0 radical (unpaired) electrons. The lowest BCUT2D eigenvalue weighted by atomic mass is 10.2. The van der Waals surface area contributed by atoms with E-state index < -0.39 is 23.7 Å². The molecule has 0 bridgehead atoms. The summed E-state index contributed by atoms with van der Waals surface area (Å²) in [7, 11) is 1.28. The quantitative estimate of drug-likeness (QED) is 0.639. The molecule has 2 rings (SSSR count). The molecule has 1 amide bonds. The lowest BCUT2D eigenvalue weighted by molar-refractivity contribution is -0.141. The molecule has 0 aromatic carbocycles. The number of aryl methyl sites for hydroxylation is 2. The maximum atomic E-state index is 13.0. The Balaban J connectivity index is 2.42. The number of carbonyl (C=O) groups is 2. The van der Waals surface area contributed by atoms with Crippen molar-refractivity contribution in [3.63, 3.8) is 0 Å². The van der Waals surface area contributed by atoms with Crippen molar-refractivity contribution in [2.45, 2.75) is 39.8 Å². The maximum absolute atomic E-state index is 13.0. The number of nitrogens with zero attached hydrogens (tertiary/aromatic N) is 4. The molecule has 2 aromatic rings. The molecule has 0 unspecified atom stereocenters. The number of carbonyl (C=O) groups excluding carboxylic acids is 2. The second-order valence-corrected chi connectivity index (χ2v) is 6.96. The number of anilines is 1. The summed E-state index contributed by atoms with van der Waals surface area (Å²) in [6.45, 7) is 5.65. The fourth-order valence-electron chi connectivity index (χ4n) is 2.43. The first-order valence-corrected chi connectivity index (χ1v) is 9.49. The summed E-state index contributed by atoms with van der Waals surface area (Å²) in [4.78, 5) is 30.8. The number of rotatable bonds is 7. The minimum Gasteiger partial charge on any atom is -0.462 e. The van der Waals surface area contributed by atoms with Gasteiger partial charge in [-0.2, -0.15) is 18.3 Å². The van der Waals surface area contributed by atoms with E-state index >= 15 is 0 Å². The zero-order chi connectivity index (χ0) is 21.1. The van der Waals surface area contributed by atoms with Crippen LogP contribution in [0, 0.1) is 6.92 Å². The van der Waals surface area contributed by atoms with Crippen molar-refractivity contribution in [3.05, 3.63) is 28.0 Å². The van der Waals surface area contributed by atoms with Gasteiger partial charge in [-0.1, -0.05) is 24.7 Å². The fraction of sp³-hybridized carbons (Fsp3) is 0.529. The lowest BCUT2D eigenvalue weighted by Crippen LogP contribution is -2.33. The van der Waals surface area contributed by atoms with Gasteiger partial charge in [0.1, 0.15) is 10.6 Å². The first-order chi connectivity index (χ1) is 13.1. The maximum Gasteiger partial charge on any atom is 0.435 e. The number of halogens is 3. The standard InChI is InChI=1S/C17H21F3N4O3S/c1-5-7-8-24(16-21-10(3)13(28-16)15(26)27-6-2)14(25)11-9-12(17(18,19)20)22-23(11)4/h9H,5-8H2,1-4H3. The molecule has 0 spiro atoms. The third kappa shape index (κ3) is 4.70. The van der Waals surface area contributed by atoms with Crippen molar-refractivity contribution < 1.29 is 27.5 Å². The molecule has 154 valence electrons. The van der Waals surface area contributed by atoms with Crippen molar-refractivity contribution in [2.24, 2.45) is 7.05 Å². The molecule has 2 aromatic heterocycles. The summed E-state index contributed by atoms with van der Waals surface area (Å²) in [5.74, 6) is -1.21. The molecule has 0 N–H and O–H groups in total. The van der Waals surface area contributed by atoms with Crippen LogP contribution in [0.2, 0.25) is 0 Å². The number of aromatic nitrogens is 3. The van der Waals surface area contributed by atoms with Crippen molar-refractivity contribution in [1.29, 1.82) is 0 Å². The normalized spacial score (nSPS) is 11.5. The number of esters is 1. The molecule has 0 aliphatic heterocycles. The monoisotopic (exact) mass is 418 g/mol. The van der Waals surface area contributed by atoms with E-state index in [2.05, 4.69) is 10.1 Å². The van der Waals surface area contributed by atoms with Crippen LogP contribution in [0.4, 0.5) is 18.3 Å². The summed E-state index contributed by atoms with van der Waals surface area (Å²) in [5, 5.41) is 3.62. The number of hydrogen-bond donors (Lipinski definition) is 0. The van der Waals surface area contributed by atoms with E-state index in [-0.39, 0.29) is 28.9 Å². The Morgan fingerprint density at radius 1 is 1.32 bits per heavy atom. The van der Waals surface area contributed by atoms with Gasteiger partial charge in [-0.3, -0.25) is 14.4 Å². The second kappa shape index (κ2) is 8.72. The van der Waals surface area contributed by atoms with Crippen LogP contribution in [0.5, 0.6) is 0 Å². The van der Waals surface area contributed by atoms with Gasteiger partial charge in [0.05, 0.1) is 12.3 Å². The second-order valence-electron chi connectivity index (χ2n) is 5.98. The highest BCUT2D eigenvalue weighted by Crippen LogP contribution is 2.31. The van der Waals surface area contributed by atoms with E-state index in [0.29, 0.717) is 18.2 Å². The number of ether oxygens (including phenoxy) is 1. The zero-order valence-corrected chi connectivity index (χ0v) is 16.8. The first-order valence-electron chi connectivity index (χ1n) is 8.67. The van der Waals surface area contributed by atoms with Crippen LogP contribution in [0.15, 0.2) is 6.07 Å². The van der Waals surface area contributed by atoms with Crippen molar-refractivity contribution in [3.8, 4) is 0 Å². The topological polar surface area (TPSA) is 77.3 Å². The van der Waals surface area contributed by atoms with E-state index in [1.165, 1.54) is 11.9 Å². The van der Waals surface area contributed by atoms with Crippen molar-refractivity contribution >= 4 is 28.3 Å². The van der Waals surface area contributed by atoms with Gasteiger partial charge in [0.25, 0.3) is 5.91 Å². The Hall–Kier alpha value is -2.43. The summed E-state index contributed by atoms with van der Waals surface area (Å²) in [6, 6.07) is 0.716. The van der Waals surface area contributed by atoms with Gasteiger partial charge in [0.2, 0.25) is 0 Å². The third-order valence-corrected chi connectivity index (χ3v) is 5.01. The van der Waals surface area contributed by atoms with E-state index in [0.717, 1.165) is 22.4 Å². The highest BCUT2D eigenvalue weighted by Gasteiger charge is 2.36. The van der Waals surface area contributed by atoms with Gasteiger partial charge in [0.15, 0.2) is 10.8 Å². The molecule has 2 heterocycles. The summed E-state index contributed by atoms with van der Waals surface area (Å²) >= 11 is 0.975. The van der Waals surface area contributed by atoms with Gasteiger partial charge in [-0.25, -0.2) is 9.78 Å². The van der Waals surface area contributed by atoms with Gasteiger partial charge in [-0.15, -0.1) is 0 Å². The zero-order valence-electron chi connectivity index (χ0n) is 16.0. The number of thiazole rings is 1. The van der Waals surface area contributed by atoms with E-state index in [1.807, 2.05) is 6.92 Å². The van der Waals surface area contributed by atoms with Crippen molar-refractivity contribution in [2.75, 3.05) is 18.1 Å². The van der Waals surface area contributed by atoms with Crippen LogP contribution in [-0.4, -0.2) is 39.8 Å². The van der Waals surface area contributed by atoms with Crippen LogP contribution < -0.4 is 4.90 Å². The summed E-state index contributed by atoms with van der Waals surface area (Å²) in [6.07, 6.45) is -3.28. The lowest BCUT2D eigenvalue weighted by Gasteiger charge is -2.19. The van der Waals surface area contributed by atoms with Crippen LogP contribution in [0.3, 0.4) is 0 Å². The molecule has 0 aliphatic carbocycles. The van der Waals surface area contributed by atoms with Gasteiger partial charge < -0.3 is 4.74 Å². The van der Waals surface area contributed by atoms with Crippen LogP contribution in [0.25, 0.3) is 0 Å². The molecule has 0 saturated carbocycles. The smallest absolute Gasteiger partial charge is 0.435 e. The number of unbranched alkanes of at least 4 members (excludes halogenated alkanes) is 1. The van der Waals surface area contributed by atoms with E-state index in [1.54, 1.807) is 13.8 Å². The third-order valence-electron chi connectivity index (χ3n) is 3.85. The van der Waals surface area contributed by atoms with Gasteiger partial charge in [-0.05, 0) is 20.3 Å². The summed E-state index contributed by atoms with van der Waals surface area (Å²) < 4.78 is 44.7. The Labute approximate surface area is 164 Å². The average Bonchev–Trinajstić information content (AvgIpc) is 3.18. The minimum atomic E-state index is -4.65. The first kappa shape index (κ1) is 21.9. The molecule has 0 atom stereocenters. The largest absolute Gasteiger partial charge is 0.462 e. The minimum absolute atomic E-state index is 0.194. The molecule has 0 fully saturated rings. The van der Waals surface area contributed by atoms with Gasteiger partial charge >= 0.3 is 12.1 Å². The predicted octanol–water partition coefficient (Wildman–Crippen LogP) is 3.83. The Bertz CT molecular complexity index is 860. The van der Waals surface area contributed by atoms with E-state index in [9.17, 15) is 22.8 Å². The molecule has 0 aliphatic rings. The summed E-state index contributed by atoms with van der Waals surface area (Å²) in [5.41, 5.74) is -0.959. The average molecular weight is 418 g/mol. The molecule has 7 nitrogen and oxygen atoms in total. The molecular weight excluding hydrogens is 397 g/mol. The Kier molecular flexibility index (Phi) is 6.81.